The van der Waals surface area contributed by atoms with Crippen LogP contribution in [0.3, 0.4) is 0 Å². The van der Waals surface area contributed by atoms with Crippen LogP contribution in [0.25, 0.3) is 0 Å². The van der Waals surface area contributed by atoms with Crippen molar-refractivity contribution in [2.75, 3.05) is 42.4 Å². The third-order valence-corrected chi connectivity index (χ3v) is 10.6. The number of rotatable bonds is 17. The molecule has 2 atom stereocenters. The highest BCUT2D eigenvalue weighted by Gasteiger charge is 2.42. The van der Waals surface area contributed by atoms with Gasteiger partial charge in [0, 0.05) is 41.8 Å². The molecule has 1 saturated heterocycles. The lowest BCUT2D eigenvalue weighted by Gasteiger charge is -2.33. The van der Waals surface area contributed by atoms with Gasteiger partial charge in [-0.3, -0.25) is 34.3 Å². The number of methoxy groups -OCH3 is 1. The van der Waals surface area contributed by atoms with Gasteiger partial charge < -0.3 is 29.7 Å². The number of imide groups is 1. The second-order valence-electron chi connectivity index (χ2n) is 16.2. The molecule has 0 spiro atoms. The zero-order valence-electron chi connectivity index (χ0n) is 36.7. The number of ether oxygens (including phenoxy) is 3. The van der Waals surface area contributed by atoms with Gasteiger partial charge in [-0.25, -0.2) is 4.79 Å². The third kappa shape index (κ3) is 11.8. The summed E-state index contributed by atoms with van der Waals surface area (Å²) in [4.78, 5) is 81.3. The van der Waals surface area contributed by atoms with Gasteiger partial charge in [0.1, 0.15) is 17.2 Å². The van der Waals surface area contributed by atoms with Gasteiger partial charge in [0.25, 0.3) is 17.5 Å². The molecule has 1 fully saturated rings. The van der Waals surface area contributed by atoms with Crippen LogP contribution in [0.4, 0.5) is 27.5 Å². The van der Waals surface area contributed by atoms with Crippen LogP contribution in [-0.4, -0.2) is 77.3 Å². The summed E-state index contributed by atoms with van der Waals surface area (Å²) < 4.78 is 17.3. The fraction of sp³-hybridized carbons (Fsp3) is 0.370. The highest BCUT2D eigenvalue weighted by molar-refractivity contribution is 6.34. The van der Waals surface area contributed by atoms with Crippen molar-refractivity contribution in [3.05, 3.63) is 111 Å². The Hall–Kier alpha value is -6.68. The number of nitro benzene ring substituents is 1. The maximum absolute atomic E-state index is 14.2. The molecule has 0 radical (unpaired) electrons. The Labute approximate surface area is 371 Å². The molecule has 2 N–H and O–H groups in total. The molecular formula is C46H53ClN6O10. The molecule has 334 valence electrons. The van der Waals surface area contributed by atoms with E-state index in [4.69, 9.17) is 25.8 Å². The summed E-state index contributed by atoms with van der Waals surface area (Å²) >= 11 is 6.50. The van der Waals surface area contributed by atoms with Gasteiger partial charge in [-0.15, -0.1) is 0 Å². The number of carbonyl (C=O) groups excluding carboxylic acids is 5. The summed E-state index contributed by atoms with van der Waals surface area (Å²) in [5, 5.41) is 20.1. The number of nitrogens with zero attached hydrogens (tertiary/aromatic N) is 4. The molecule has 1 aliphatic rings. The Morgan fingerprint density at radius 1 is 0.968 bits per heavy atom. The molecular weight excluding hydrogens is 832 g/mol. The first-order valence-electron chi connectivity index (χ1n) is 20.4. The number of halogens is 1. The number of aryl methyl sites for hydroxylation is 2. The average molecular weight is 885 g/mol. The van der Waals surface area contributed by atoms with E-state index in [0.717, 1.165) is 28.0 Å². The molecule has 17 heteroatoms. The molecule has 5 amide bonds. The van der Waals surface area contributed by atoms with E-state index >= 15 is 0 Å². The van der Waals surface area contributed by atoms with E-state index < -0.39 is 46.0 Å². The van der Waals surface area contributed by atoms with Crippen LogP contribution in [0.1, 0.15) is 64.2 Å². The van der Waals surface area contributed by atoms with E-state index in [9.17, 15) is 34.1 Å². The fourth-order valence-corrected chi connectivity index (χ4v) is 6.90. The van der Waals surface area contributed by atoms with Crippen molar-refractivity contribution in [1.29, 1.82) is 0 Å². The van der Waals surface area contributed by atoms with Crippen molar-refractivity contribution in [3.8, 4) is 17.2 Å². The van der Waals surface area contributed by atoms with Crippen LogP contribution >= 0.6 is 11.6 Å². The van der Waals surface area contributed by atoms with Crippen LogP contribution in [-0.2, 0) is 25.7 Å². The van der Waals surface area contributed by atoms with Crippen molar-refractivity contribution < 1.29 is 43.1 Å². The predicted octanol–water partition coefficient (Wildman–Crippen LogP) is 8.51. The Morgan fingerprint density at radius 3 is 2.30 bits per heavy atom. The first-order chi connectivity index (χ1) is 29.8. The summed E-state index contributed by atoms with van der Waals surface area (Å²) in [6, 6.07) is 20.1. The van der Waals surface area contributed by atoms with Crippen molar-refractivity contribution in [3.63, 3.8) is 0 Å². The number of non-ortho nitro benzene ring substituents is 1. The number of benzene rings is 4. The largest absolute Gasteiger partial charge is 0.497 e. The number of carbonyl (C=O) groups is 5. The summed E-state index contributed by atoms with van der Waals surface area (Å²) in [6.07, 6.45) is -1.22. The smallest absolute Gasteiger partial charge is 0.346 e. The number of hydrogen-bond acceptors (Lipinski definition) is 11. The quantitative estimate of drug-likeness (QED) is 0.0447. The molecule has 63 heavy (non-hydrogen) atoms. The van der Waals surface area contributed by atoms with Crippen LogP contribution < -0.4 is 29.9 Å². The number of ketones is 1. The summed E-state index contributed by atoms with van der Waals surface area (Å²) in [5.41, 5.74) is 1.72. The van der Waals surface area contributed by atoms with Gasteiger partial charge in [-0.1, -0.05) is 57.0 Å². The standard InChI is InChI=1S/C46H53ClN6O10/c1-9-50(45(58)52-44(57)30(4)26-51(52)33-14-17-35(61-8)18-15-33)27-31-24-34(53(59)60)16-21-39(31)63-41(42(55)46(5,6)7)43(56)49-37-25-32(13-19-36(37)47)48-40(54)11-10-22-62-38-20-12-28(2)23-29(38)3/h12-21,23-25,30,41H,9-11,22,26-27H2,1-8H3,(H,48,54)(H,49,56). The normalized spacial score (nSPS) is 14.2. The van der Waals surface area contributed by atoms with Crippen LogP contribution in [0.2, 0.25) is 5.02 Å². The van der Waals surface area contributed by atoms with Gasteiger partial charge >= 0.3 is 6.03 Å². The van der Waals surface area contributed by atoms with Crippen LogP contribution in [0, 0.1) is 35.3 Å². The van der Waals surface area contributed by atoms with Gasteiger partial charge in [0.05, 0.1) is 54.0 Å². The van der Waals surface area contributed by atoms with E-state index in [-0.39, 0.29) is 59.7 Å². The Morgan fingerprint density at radius 2 is 1.67 bits per heavy atom. The zero-order chi connectivity index (χ0) is 46.2. The number of anilines is 3. The summed E-state index contributed by atoms with van der Waals surface area (Å²) in [7, 11) is 1.52. The highest BCUT2D eigenvalue weighted by Crippen LogP contribution is 2.33. The molecule has 1 aliphatic heterocycles. The first-order valence-corrected chi connectivity index (χ1v) is 20.8. The molecule has 16 nitrogen and oxygen atoms in total. The minimum absolute atomic E-state index is 0.0622. The topological polar surface area (TPSA) is 190 Å². The summed E-state index contributed by atoms with van der Waals surface area (Å²) in [5.74, 6) is -1.58. The molecule has 4 aromatic carbocycles. The molecule has 5 rings (SSSR count). The number of hydrazine groups is 1. The number of hydrogen-bond donors (Lipinski definition) is 2. The van der Waals surface area contributed by atoms with Crippen molar-refractivity contribution >= 4 is 63.9 Å². The lowest BCUT2D eigenvalue weighted by molar-refractivity contribution is -0.385. The third-order valence-electron chi connectivity index (χ3n) is 10.2. The van der Waals surface area contributed by atoms with E-state index in [0.29, 0.717) is 30.2 Å². The minimum atomic E-state index is -1.81. The van der Waals surface area contributed by atoms with E-state index in [1.807, 2.05) is 32.0 Å². The highest BCUT2D eigenvalue weighted by atomic mass is 35.5. The SMILES string of the molecule is CCN(Cc1cc([N+](=O)[O-])ccc1OC(C(=O)Nc1cc(NC(=O)CCCOc2ccc(C)cc2C)ccc1Cl)C(=O)C(C)(C)C)C(=O)N1C(=O)C(C)CN1c1ccc(OC)cc1. The average Bonchev–Trinajstić information content (AvgIpc) is 3.54. The van der Waals surface area contributed by atoms with Gasteiger partial charge in [0.2, 0.25) is 12.0 Å². The fourth-order valence-electron chi connectivity index (χ4n) is 6.73. The first kappa shape index (κ1) is 47.4. The van der Waals surface area contributed by atoms with E-state index in [1.54, 1.807) is 70.0 Å². The van der Waals surface area contributed by atoms with E-state index in [1.165, 1.54) is 36.3 Å². The second-order valence-corrected chi connectivity index (χ2v) is 16.6. The number of amides is 5. The maximum Gasteiger partial charge on any atom is 0.346 e. The molecule has 1 heterocycles. The van der Waals surface area contributed by atoms with Gasteiger partial charge in [0.15, 0.2) is 5.78 Å². The van der Waals surface area contributed by atoms with Crippen molar-refractivity contribution in [2.24, 2.45) is 11.3 Å². The Bertz CT molecular complexity index is 2370. The van der Waals surface area contributed by atoms with Crippen molar-refractivity contribution in [1.82, 2.24) is 9.91 Å². The molecule has 0 aromatic heterocycles. The molecule has 0 bridgehead atoms. The van der Waals surface area contributed by atoms with Crippen LogP contribution in [0.15, 0.2) is 78.9 Å². The van der Waals surface area contributed by atoms with E-state index in [2.05, 4.69) is 10.6 Å². The monoisotopic (exact) mass is 884 g/mol. The minimum Gasteiger partial charge on any atom is -0.497 e. The number of nitro groups is 1. The lowest BCUT2D eigenvalue weighted by Crippen LogP contribution is -2.50. The lowest BCUT2D eigenvalue weighted by atomic mass is 9.87. The summed E-state index contributed by atoms with van der Waals surface area (Å²) in [6.45, 7) is 12.5. The van der Waals surface area contributed by atoms with Crippen molar-refractivity contribution in [2.45, 2.75) is 74.0 Å². The molecule has 4 aromatic rings. The van der Waals surface area contributed by atoms with Crippen LogP contribution in [0.5, 0.6) is 17.2 Å². The Balaban J connectivity index is 1.35. The molecule has 2 unspecified atom stereocenters. The molecule has 0 aliphatic carbocycles. The number of nitrogens with one attached hydrogen (secondary N) is 2. The number of urea groups is 1. The number of Topliss-reactive ketones (excluding diaryl/α,β-unsaturated/α-hetero) is 1. The maximum atomic E-state index is 14.2. The predicted molar refractivity (Wildman–Crippen MR) is 239 cm³/mol. The van der Waals surface area contributed by atoms with Gasteiger partial charge in [-0.2, -0.15) is 5.01 Å². The second kappa shape index (κ2) is 20.5. The van der Waals surface area contributed by atoms with Gasteiger partial charge in [-0.05, 0) is 87.4 Å². The molecule has 0 saturated carbocycles. The zero-order valence-corrected chi connectivity index (χ0v) is 37.4. The Kier molecular flexibility index (Phi) is 15.4.